The molecule has 1 atom stereocenters. The number of carboxylic acid groups (broad SMARTS) is 1. The number of fused-ring (bicyclic) bond motifs is 1. The molecule has 0 radical (unpaired) electrons. The highest BCUT2D eigenvalue weighted by atomic mass is 35.5. The minimum absolute atomic E-state index is 0.371. The quantitative estimate of drug-likeness (QED) is 0.699. The number of para-hydroxylation sites is 1. The Hall–Kier alpha value is -2.33. The average molecular weight is 303 g/mol. The summed E-state index contributed by atoms with van der Waals surface area (Å²) in [5.74, 6) is -1.24. The van der Waals surface area contributed by atoms with Crippen LogP contribution in [0.4, 0.5) is 0 Å². The van der Waals surface area contributed by atoms with Crippen molar-refractivity contribution >= 4 is 23.5 Å². The number of hydrogen-bond donors (Lipinski definition) is 1. The van der Waals surface area contributed by atoms with Gasteiger partial charge in [-0.1, -0.05) is 41.9 Å². The summed E-state index contributed by atoms with van der Waals surface area (Å²) in [6.45, 7) is 0. The smallest absolute Gasteiger partial charge is 0.327 e. The van der Waals surface area contributed by atoms with Gasteiger partial charge in [-0.2, -0.15) is 0 Å². The number of carbonyl (C=O) groups excluding carboxylic acids is 1. The maximum atomic E-state index is 12.5. The van der Waals surface area contributed by atoms with E-state index in [0.717, 1.165) is 0 Å². The number of aliphatic carboxylic acids is 1. The minimum atomic E-state index is -1.33. The molecule has 106 valence electrons. The van der Waals surface area contributed by atoms with Gasteiger partial charge in [0.15, 0.2) is 0 Å². The van der Waals surface area contributed by atoms with E-state index >= 15 is 0 Å². The Balaban J connectivity index is 2.25. The molecule has 1 aliphatic rings. The molecule has 5 heteroatoms. The molecule has 21 heavy (non-hydrogen) atoms. The summed E-state index contributed by atoms with van der Waals surface area (Å²) < 4.78 is 5.27. The lowest BCUT2D eigenvalue weighted by molar-refractivity contribution is -0.145. The van der Waals surface area contributed by atoms with Gasteiger partial charge in [0.25, 0.3) is 0 Å². The molecule has 0 bridgehead atoms. The summed E-state index contributed by atoms with van der Waals surface area (Å²) in [4.78, 5) is 23.8. The summed E-state index contributed by atoms with van der Waals surface area (Å²) in [5, 5.41) is 9.78. The Labute approximate surface area is 125 Å². The maximum Gasteiger partial charge on any atom is 0.327 e. The van der Waals surface area contributed by atoms with Gasteiger partial charge in [-0.15, -0.1) is 0 Å². The molecular formula is C16H11ClO4. The van der Waals surface area contributed by atoms with E-state index in [1.807, 2.05) is 0 Å². The Morgan fingerprint density at radius 1 is 1.14 bits per heavy atom. The molecule has 0 aliphatic carbocycles. The summed E-state index contributed by atoms with van der Waals surface area (Å²) >= 11 is 5.87. The molecule has 2 aromatic rings. The van der Waals surface area contributed by atoms with E-state index in [1.165, 1.54) is 0 Å². The van der Waals surface area contributed by atoms with Gasteiger partial charge in [0, 0.05) is 10.6 Å². The van der Waals surface area contributed by atoms with Crippen molar-refractivity contribution in [2.75, 3.05) is 0 Å². The molecule has 0 spiro atoms. The summed E-state index contributed by atoms with van der Waals surface area (Å²) in [6, 6.07) is 13.5. The van der Waals surface area contributed by atoms with E-state index in [2.05, 4.69) is 0 Å². The third kappa shape index (κ3) is 2.08. The van der Waals surface area contributed by atoms with Crippen molar-refractivity contribution in [2.45, 2.75) is 11.8 Å². The van der Waals surface area contributed by atoms with Gasteiger partial charge < -0.3 is 9.84 Å². The molecule has 1 unspecified atom stereocenters. The third-order valence-electron chi connectivity index (χ3n) is 3.65. The molecule has 1 aliphatic heterocycles. The molecule has 1 N–H and O–H groups in total. The van der Waals surface area contributed by atoms with E-state index in [4.69, 9.17) is 16.3 Å². The summed E-state index contributed by atoms with van der Waals surface area (Å²) in [6.07, 6.45) is -0.371. The standard InChI is InChI=1S/C16H11ClO4/c17-11-7-5-10(6-8-11)16(9-14(18)19)12-3-1-2-4-13(12)21-15(16)20/h1-8H,9H2,(H,18,19). The van der Waals surface area contributed by atoms with E-state index in [9.17, 15) is 14.7 Å². The van der Waals surface area contributed by atoms with Crippen LogP contribution in [0.25, 0.3) is 0 Å². The molecule has 2 aromatic carbocycles. The first-order valence-electron chi connectivity index (χ1n) is 6.33. The Morgan fingerprint density at radius 2 is 1.81 bits per heavy atom. The van der Waals surface area contributed by atoms with E-state index in [0.29, 0.717) is 21.9 Å². The SMILES string of the molecule is O=C(O)CC1(c2ccc(Cl)cc2)C(=O)Oc2ccccc21. The van der Waals surface area contributed by atoms with E-state index < -0.39 is 17.4 Å². The van der Waals surface area contributed by atoms with Crippen LogP contribution in [0.5, 0.6) is 5.75 Å². The normalized spacial score (nSPS) is 20.0. The molecule has 0 aromatic heterocycles. The van der Waals surface area contributed by atoms with Crippen LogP contribution < -0.4 is 4.74 Å². The van der Waals surface area contributed by atoms with Crippen molar-refractivity contribution < 1.29 is 19.4 Å². The number of ether oxygens (including phenoxy) is 1. The van der Waals surface area contributed by atoms with Gasteiger partial charge in [0.2, 0.25) is 0 Å². The number of esters is 1. The Bertz CT molecular complexity index is 723. The largest absolute Gasteiger partial charge is 0.481 e. The van der Waals surface area contributed by atoms with Crippen molar-refractivity contribution in [3.8, 4) is 5.75 Å². The lowest BCUT2D eigenvalue weighted by Crippen LogP contribution is -2.37. The molecule has 0 saturated carbocycles. The van der Waals surface area contributed by atoms with Gasteiger partial charge in [-0.05, 0) is 23.8 Å². The van der Waals surface area contributed by atoms with E-state index in [-0.39, 0.29) is 6.42 Å². The predicted octanol–water partition coefficient (Wildman–Crippen LogP) is 3.02. The monoisotopic (exact) mass is 302 g/mol. The van der Waals surface area contributed by atoms with Gasteiger partial charge in [0.1, 0.15) is 11.2 Å². The first-order valence-corrected chi connectivity index (χ1v) is 6.71. The number of hydrogen-bond acceptors (Lipinski definition) is 3. The molecule has 3 rings (SSSR count). The van der Waals surface area contributed by atoms with Crippen molar-refractivity contribution in [1.82, 2.24) is 0 Å². The second-order valence-corrected chi connectivity index (χ2v) is 5.30. The third-order valence-corrected chi connectivity index (χ3v) is 3.90. The first-order chi connectivity index (χ1) is 10.0. The van der Waals surface area contributed by atoms with Crippen LogP contribution in [-0.2, 0) is 15.0 Å². The van der Waals surface area contributed by atoms with Gasteiger partial charge in [0.05, 0.1) is 6.42 Å². The van der Waals surface area contributed by atoms with Crippen LogP contribution in [0.1, 0.15) is 17.5 Å². The zero-order valence-electron chi connectivity index (χ0n) is 10.9. The lowest BCUT2D eigenvalue weighted by atomic mass is 9.73. The summed E-state index contributed by atoms with van der Waals surface area (Å²) in [7, 11) is 0. The van der Waals surface area contributed by atoms with Crippen LogP contribution in [0.15, 0.2) is 48.5 Å². The molecule has 1 heterocycles. The van der Waals surface area contributed by atoms with Crippen molar-refractivity contribution in [1.29, 1.82) is 0 Å². The van der Waals surface area contributed by atoms with Crippen LogP contribution in [-0.4, -0.2) is 17.0 Å². The second kappa shape index (κ2) is 4.90. The number of benzene rings is 2. The van der Waals surface area contributed by atoms with Gasteiger partial charge >= 0.3 is 11.9 Å². The van der Waals surface area contributed by atoms with Gasteiger partial charge in [-0.25, -0.2) is 0 Å². The number of carbonyl (C=O) groups is 2. The van der Waals surface area contributed by atoms with Crippen LogP contribution in [0.2, 0.25) is 5.02 Å². The average Bonchev–Trinajstić information content (AvgIpc) is 2.73. The fourth-order valence-corrected chi connectivity index (χ4v) is 2.84. The molecule has 4 nitrogen and oxygen atoms in total. The molecule has 0 saturated heterocycles. The Morgan fingerprint density at radius 3 is 2.48 bits per heavy atom. The topological polar surface area (TPSA) is 63.6 Å². The second-order valence-electron chi connectivity index (χ2n) is 4.87. The Kier molecular flexibility index (Phi) is 3.18. The number of rotatable bonds is 3. The fraction of sp³-hybridized carbons (Fsp3) is 0.125. The highest BCUT2D eigenvalue weighted by molar-refractivity contribution is 6.30. The van der Waals surface area contributed by atoms with Crippen molar-refractivity contribution in [3.63, 3.8) is 0 Å². The predicted molar refractivity (Wildman–Crippen MR) is 76.6 cm³/mol. The number of carboxylic acids is 1. The molecule has 0 fully saturated rings. The zero-order valence-corrected chi connectivity index (χ0v) is 11.6. The fourth-order valence-electron chi connectivity index (χ4n) is 2.71. The first kappa shape index (κ1) is 13.6. The summed E-state index contributed by atoms with van der Waals surface area (Å²) in [5.41, 5.74) is -0.198. The number of halogens is 1. The van der Waals surface area contributed by atoms with Crippen LogP contribution in [0.3, 0.4) is 0 Å². The zero-order chi connectivity index (χ0) is 15.0. The van der Waals surface area contributed by atoms with Crippen LogP contribution >= 0.6 is 11.6 Å². The maximum absolute atomic E-state index is 12.5. The van der Waals surface area contributed by atoms with E-state index in [1.54, 1.807) is 48.5 Å². The lowest BCUT2D eigenvalue weighted by Gasteiger charge is -2.24. The van der Waals surface area contributed by atoms with Crippen molar-refractivity contribution in [2.24, 2.45) is 0 Å². The van der Waals surface area contributed by atoms with Crippen LogP contribution in [0, 0.1) is 0 Å². The highest BCUT2D eigenvalue weighted by Crippen LogP contribution is 2.46. The van der Waals surface area contributed by atoms with Crippen molar-refractivity contribution in [3.05, 3.63) is 64.7 Å². The molecule has 0 amide bonds. The highest BCUT2D eigenvalue weighted by Gasteiger charge is 2.51. The molecular weight excluding hydrogens is 292 g/mol. The van der Waals surface area contributed by atoms with Gasteiger partial charge in [-0.3, -0.25) is 9.59 Å². The minimum Gasteiger partial charge on any atom is -0.481 e.